The minimum Gasteiger partial charge on any atom is -0.368 e. The van der Waals surface area contributed by atoms with Gasteiger partial charge < -0.3 is 9.80 Å². The maximum atomic E-state index is 10.6. The molecule has 0 bridgehead atoms. The molecular formula is C15H15ClN4O. The van der Waals surface area contributed by atoms with Crippen molar-refractivity contribution in [2.75, 3.05) is 36.0 Å². The minimum absolute atomic E-state index is 0.499. The van der Waals surface area contributed by atoms with Crippen molar-refractivity contribution in [3.8, 4) is 0 Å². The summed E-state index contributed by atoms with van der Waals surface area (Å²) in [6.07, 6.45) is 3.87. The van der Waals surface area contributed by atoms with E-state index >= 15 is 0 Å². The van der Waals surface area contributed by atoms with Crippen molar-refractivity contribution in [1.82, 2.24) is 9.97 Å². The fourth-order valence-electron chi connectivity index (χ4n) is 2.37. The normalized spacial score (nSPS) is 15.1. The Labute approximate surface area is 128 Å². The third-order valence-electron chi connectivity index (χ3n) is 3.55. The third kappa shape index (κ3) is 3.13. The van der Waals surface area contributed by atoms with E-state index in [-0.39, 0.29) is 0 Å². The minimum atomic E-state index is 0.499. The molecule has 0 radical (unpaired) electrons. The van der Waals surface area contributed by atoms with Gasteiger partial charge in [0.1, 0.15) is 0 Å². The molecule has 2 aromatic rings. The lowest BCUT2D eigenvalue weighted by atomic mass is 10.2. The molecule has 21 heavy (non-hydrogen) atoms. The average Bonchev–Trinajstić information content (AvgIpc) is 2.56. The van der Waals surface area contributed by atoms with Crippen LogP contribution >= 0.6 is 11.6 Å². The Hall–Kier alpha value is -2.14. The SMILES string of the molecule is O=Cc1cnc(N2CCN(c3ccc(Cl)cc3)CC2)nc1. The molecule has 0 amide bonds. The van der Waals surface area contributed by atoms with Crippen molar-refractivity contribution in [2.45, 2.75) is 0 Å². The Bertz CT molecular complexity index is 607. The molecule has 5 nitrogen and oxygen atoms in total. The van der Waals surface area contributed by atoms with Gasteiger partial charge in [0, 0.05) is 49.3 Å². The molecule has 0 saturated carbocycles. The molecule has 108 valence electrons. The average molecular weight is 303 g/mol. The number of carbonyl (C=O) groups is 1. The molecule has 0 unspecified atom stereocenters. The van der Waals surface area contributed by atoms with Crippen LogP contribution in [0, 0.1) is 0 Å². The van der Waals surface area contributed by atoms with Gasteiger partial charge in [-0.1, -0.05) is 11.6 Å². The molecule has 1 aliphatic rings. The second kappa shape index (κ2) is 6.10. The zero-order chi connectivity index (χ0) is 14.7. The molecule has 0 N–H and O–H groups in total. The largest absolute Gasteiger partial charge is 0.368 e. The number of nitrogens with zero attached hydrogens (tertiary/aromatic N) is 4. The van der Waals surface area contributed by atoms with Gasteiger partial charge in [-0.3, -0.25) is 4.79 Å². The first kappa shape index (κ1) is 13.8. The van der Waals surface area contributed by atoms with E-state index in [0.717, 1.165) is 37.5 Å². The summed E-state index contributed by atoms with van der Waals surface area (Å²) in [5.41, 5.74) is 1.68. The van der Waals surface area contributed by atoms with Crippen LogP contribution in [0.5, 0.6) is 0 Å². The molecule has 1 saturated heterocycles. The van der Waals surface area contributed by atoms with Gasteiger partial charge in [-0.05, 0) is 24.3 Å². The van der Waals surface area contributed by atoms with Crippen molar-refractivity contribution < 1.29 is 4.79 Å². The van der Waals surface area contributed by atoms with Crippen LogP contribution in [0.25, 0.3) is 0 Å². The number of benzene rings is 1. The number of aldehydes is 1. The number of anilines is 2. The van der Waals surface area contributed by atoms with Crippen LogP contribution in [0.1, 0.15) is 10.4 Å². The van der Waals surface area contributed by atoms with Gasteiger partial charge in [0.15, 0.2) is 6.29 Å². The van der Waals surface area contributed by atoms with E-state index in [2.05, 4.69) is 19.8 Å². The summed E-state index contributed by atoms with van der Waals surface area (Å²) in [4.78, 5) is 23.5. The number of carbonyl (C=O) groups excluding carboxylic acids is 1. The van der Waals surface area contributed by atoms with Gasteiger partial charge in [0.2, 0.25) is 5.95 Å². The molecule has 6 heteroatoms. The number of hydrogen-bond acceptors (Lipinski definition) is 5. The zero-order valence-electron chi connectivity index (χ0n) is 11.4. The summed E-state index contributed by atoms with van der Waals surface area (Å²) in [6.45, 7) is 3.51. The Balaban J connectivity index is 1.64. The standard InChI is InChI=1S/C15H15ClN4O/c16-13-1-3-14(4-2-13)19-5-7-20(8-6-19)15-17-9-12(11-21)10-18-15/h1-4,9-11H,5-8H2. The lowest BCUT2D eigenvalue weighted by Crippen LogP contribution is -2.47. The summed E-state index contributed by atoms with van der Waals surface area (Å²) in [6, 6.07) is 7.88. The Morgan fingerprint density at radius 3 is 2.10 bits per heavy atom. The predicted molar refractivity (Wildman–Crippen MR) is 83.3 cm³/mol. The smallest absolute Gasteiger partial charge is 0.225 e. The number of aromatic nitrogens is 2. The third-order valence-corrected chi connectivity index (χ3v) is 3.80. The molecule has 1 aromatic carbocycles. The monoisotopic (exact) mass is 302 g/mol. The maximum Gasteiger partial charge on any atom is 0.225 e. The van der Waals surface area contributed by atoms with Crippen LogP contribution in [-0.2, 0) is 0 Å². The van der Waals surface area contributed by atoms with Crippen molar-refractivity contribution >= 4 is 29.5 Å². The van der Waals surface area contributed by atoms with Crippen LogP contribution in [0.2, 0.25) is 5.02 Å². The van der Waals surface area contributed by atoms with Gasteiger partial charge >= 0.3 is 0 Å². The number of rotatable bonds is 3. The van der Waals surface area contributed by atoms with Crippen molar-refractivity contribution in [2.24, 2.45) is 0 Å². The molecule has 3 rings (SSSR count). The fourth-order valence-corrected chi connectivity index (χ4v) is 2.50. The highest BCUT2D eigenvalue weighted by Crippen LogP contribution is 2.20. The van der Waals surface area contributed by atoms with Crippen molar-refractivity contribution in [3.63, 3.8) is 0 Å². The van der Waals surface area contributed by atoms with Crippen LogP contribution in [0.15, 0.2) is 36.7 Å². The number of piperazine rings is 1. The van der Waals surface area contributed by atoms with Gasteiger partial charge in [-0.2, -0.15) is 0 Å². The van der Waals surface area contributed by atoms with E-state index in [1.165, 1.54) is 5.69 Å². The van der Waals surface area contributed by atoms with Crippen LogP contribution in [0.4, 0.5) is 11.6 Å². The molecular weight excluding hydrogens is 288 g/mol. The van der Waals surface area contributed by atoms with Crippen LogP contribution in [0.3, 0.4) is 0 Å². The van der Waals surface area contributed by atoms with Crippen molar-refractivity contribution in [1.29, 1.82) is 0 Å². The molecule has 0 aliphatic carbocycles. The highest BCUT2D eigenvalue weighted by Gasteiger charge is 2.19. The second-order valence-corrected chi connectivity index (χ2v) is 5.32. The Kier molecular flexibility index (Phi) is 4.01. The predicted octanol–water partition coefficient (Wildman–Crippen LogP) is 2.27. The number of halogens is 1. The lowest BCUT2D eigenvalue weighted by Gasteiger charge is -2.36. The van der Waals surface area contributed by atoms with E-state index in [4.69, 9.17) is 11.6 Å². The van der Waals surface area contributed by atoms with Crippen molar-refractivity contribution in [3.05, 3.63) is 47.2 Å². The molecule has 1 aliphatic heterocycles. The Morgan fingerprint density at radius 2 is 1.52 bits per heavy atom. The van der Waals surface area contributed by atoms with Gasteiger partial charge in [0.05, 0.1) is 5.56 Å². The van der Waals surface area contributed by atoms with E-state index < -0.39 is 0 Å². The molecule has 1 fully saturated rings. The maximum absolute atomic E-state index is 10.6. The quantitative estimate of drug-likeness (QED) is 0.814. The number of hydrogen-bond donors (Lipinski definition) is 0. The summed E-state index contributed by atoms with van der Waals surface area (Å²) in [7, 11) is 0. The van der Waals surface area contributed by atoms with E-state index in [1.54, 1.807) is 12.4 Å². The van der Waals surface area contributed by atoms with Crippen LogP contribution in [-0.4, -0.2) is 42.4 Å². The summed E-state index contributed by atoms with van der Waals surface area (Å²) >= 11 is 5.91. The molecule has 0 spiro atoms. The van der Waals surface area contributed by atoms with E-state index in [9.17, 15) is 4.79 Å². The molecule has 0 atom stereocenters. The topological polar surface area (TPSA) is 49.3 Å². The second-order valence-electron chi connectivity index (χ2n) is 4.88. The summed E-state index contributed by atoms with van der Waals surface area (Å²) < 4.78 is 0. The van der Waals surface area contributed by atoms with Crippen LogP contribution < -0.4 is 9.80 Å². The fraction of sp³-hybridized carbons (Fsp3) is 0.267. The highest BCUT2D eigenvalue weighted by atomic mass is 35.5. The first-order valence-corrected chi connectivity index (χ1v) is 7.17. The van der Waals surface area contributed by atoms with Gasteiger partial charge in [-0.15, -0.1) is 0 Å². The zero-order valence-corrected chi connectivity index (χ0v) is 12.2. The summed E-state index contributed by atoms with van der Waals surface area (Å²) in [5, 5.41) is 0.751. The lowest BCUT2D eigenvalue weighted by molar-refractivity contribution is 0.112. The first-order valence-electron chi connectivity index (χ1n) is 6.79. The molecule has 2 heterocycles. The highest BCUT2D eigenvalue weighted by molar-refractivity contribution is 6.30. The van der Waals surface area contributed by atoms with Gasteiger partial charge in [-0.25, -0.2) is 9.97 Å². The molecule has 1 aromatic heterocycles. The van der Waals surface area contributed by atoms with E-state index in [0.29, 0.717) is 11.5 Å². The first-order chi connectivity index (χ1) is 10.3. The summed E-state index contributed by atoms with van der Waals surface area (Å²) in [5.74, 6) is 0.677. The van der Waals surface area contributed by atoms with E-state index in [1.807, 2.05) is 24.3 Å². The Morgan fingerprint density at radius 1 is 0.952 bits per heavy atom. The van der Waals surface area contributed by atoms with Gasteiger partial charge in [0.25, 0.3) is 0 Å².